The van der Waals surface area contributed by atoms with E-state index in [2.05, 4.69) is 12.5 Å². The van der Waals surface area contributed by atoms with Crippen molar-refractivity contribution in [3.8, 4) is 12.3 Å². The summed E-state index contributed by atoms with van der Waals surface area (Å²) in [5.74, 6) is 2.89. The van der Waals surface area contributed by atoms with Crippen LogP contribution in [0.1, 0.15) is 46.3 Å². The highest BCUT2D eigenvalue weighted by Gasteiger charge is 2.27. The molecule has 0 atom stereocenters. The fourth-order valence-electron chi connectivity index (χ4n) is 3.93. The van der Waals surface area contributed by atoms with Gasteiger partial charge in [-0.25, -0.2) is 4.98 Å². The van der Waals surface area contributed by atoms with Crippen molar-refractivity contribution in [2.75, 3.05) is 12.3 Å². The van der Waals surface area contributed by atoms with Gasteiger partial charge in [-0.2, -0.15) is 0 Å². The van der Waals surface area contributed by atoms with Crippen LogP contribution < -0.4 is 5.56 Å². The highest BCUT2D eigenvalue weighted by Crippen LogP contribution is 2.34. The number of ketones is 1. The fraction of sp³-hybridized carbons (Fsp3) is 0.360. The van der Waals surface area contributed by atoms with Crippen molar-refractivity contribution in [2.45, 2.75) is 50.9 Å². The van der Waals surface area contributed by atoms with Gasteiger partial charge in [0.05, 0.1) is 22.6 Å². The molecular weight excluding hydrogens is 486 g/mol. The maximum absolute atomic E-state index is 13.6. The zero-order chi connectivity index (χ0) is 24.2. The van der Waals surface area contributed by atoms with E-state index in [4.69, 9.17) is 11.4 Å². The molecular formula is C25H25N3O3S3. The lowest BCUT2D eigenvalue weighted by Crippen LogP contribution is -2.35. The Morgan fingerprint density at radius 3 is 2.91 bits per heavy atom. The van der Waals surface area contributed by atoms with E-state index in [0.29, 0.717) is 65.6 Å². The van der Waals surface area contributed by atoms with Gasteiger partial charge in [0, 0.05) is 30.8 Å². The van der Waals surface area contributed by atoms with Crippen LogP contribution >= 0.6 is 34.4 Å². The monoisotopic (exact) mass is 511 g/mol. The van der Waals surface area contributed by atoms with Crippen LogP contribution in [-0.2, 0) is 24.3 Å². The molecule has 4 heterocycles. The molecule has 9 heteroatoms. The van der Waals surface area contributed by atoms with Crippen LogP contribution in [0.25, 0.3) is 10.2 Å². The molecule has 1 aliphatic heterocycles. The van der Waals surface area contributed by atoms with Crippen LogP contribution in [0, 0.1) is 12.3 Å². The van der Waals surface area contributed by atoms with E-state index in [-0.39, 0.29) is 23.0 Å². The smallest absolute Gasteiger partial charge is 0.263 e. The minimum absolute atomic E-state index is 0.0145. The number of thioether (sulfide) groups is 1. The number of allylic oxidation sites excluding steroid dienone is 1. The number of rotatable bonds is 9. The number of nitrogens with zero attached hydrogens (tertiary/aromatic N) is 3. The third kappa shape index (κ3) is 5.19. The summed E-state index contributed by atoms with van der Waals surface area (Å²) in [5.41, 5.74) is 1.72. The number of carbonyl (C=O) groups excluding carboxylic acids is 2. The van der Waals surface area contributed by atoms with Crippen molar-refractivity contribution in [1.29, 1.82) is 0 Å². The van der Waals surface area contributed by atoms with E-state index in [1.807, 2.05) is 23.3 Å². The normalized spacial score (nSPS) is 13.0. The molecule has 0 radical (unpaired) electrons. The van der Waals surface area contributed by atoms with Gasteiger partial charge in [-0.3, -0.25) is 19.0 Å². The van der Waals surface area contributed by atoms with Gasteiger partial charge < -0.3 is 4.90 Å². The van der Waals surface area contributed by atoms with Crippen molar-refractivity contribution in [1.82, 2.24) is 14.5 Å². The van der Waals surface area contributed by atoms with E-state index >= 15 is 0 Å². The van der Waals surface area contributed by atoms with Gasteiger partial charge in [0.2, 0.25) is 5.91 Å². The summed E-state index contributed by atoms with van der Waals surface area (Å²) in [4.78, 5) is 47.7. The zero-order valence-corrected chi connectivity index (χ0v) is 21.4. The molecule has 0 saturated carbocycles. The minimum atomic E-state index is -0.106. The van der Waals surface area contributed by atoms with Crippen molar-refractivity contribution in [3.05, 3.63) is 55.3 Å². The largest absolute Gasteiger partial charge is 0.337 e. The lowest BCUT2D eigenvalue weighted by Gasteiger charge is -2.27. The Kier molecular flexibility index (Phi) is 7.71. The summed E-state index contributed by atoms with van der Waals surface area (Å²) in [6.07, 6.45) is 7.64. The number of thiophene rings is 2. The number of hydrogen-bond acceptors (Lipinski definition) is 7. The van der Waals surface area contributed by atoms with E-state index in [1.165, 1.54) is 34.4 Å². The maximum atomic E-state index is 13.6. The van der Waals surface area contributed by atoms with Crippen LogP contribution in [-0.4, -0.2) is 38.4 Å². The first-order chi connectivity index (χ1) is 16.4. The first kappa shape index (κ1) is 24.5. The van der Waals surface area contributed by atoms with Gasteiger partial charge in [0.1, 0.15) is 4.83 Å². The molecule has 3 aromatic rings. The number of terminal acetylenes is 1. The highest BCUT2D eigenvalue weighted by atomic mass is 32.2. The SMILES string of the molecule is C#CCCCC(=O)N1CCc2c(sc3nc(SCC(=O)c4cccs4)n(CC(=C)C)c(=O)c23)C1. The predicted octanol–water partition coefficient (Wildman–Crippen LogP) is 4.76. The molecule has 0 N–H and O–H groups in total. The summed E-state index contributed by atoms with van der Waals surface area (Å²) in [5, 5.41) is 3.03. The van der Waals surface area contributed by atoms with Crippen molar-refractivity contribution >= 4 is 56.3 Å². The fourth-order valence-corrected chi connectivity index (χ4v) is 6.84. The molecule has 0 spiro atoms. The summed E-state index contributed by atoms with van der Waals surface area (Å²) in [6.45, 7) is 7.26. The van der Waals surface area contributed by atoms with Crippen LogP contribution in [0.4, 0.5) is 0 Å². The summed E-state index contributed by atoms with van der Waals surface area (Å²) in [7, 11) is 0. The van der Waals surface area contributed by atoms with Crippen molar-refractivity contribution < 1.29 is 9.59 Å². The molecule has 34 heavy (non-hydrogen) atoms. The van der Waals surface area contributed by atoms with Gasteiger partial charge >= 0.3 is 0 Å². The van der Waals surface area contributed by atoms with E-state index in [0.717, 1.165) is 16.0 Å². The van der Waals surface area contributed by atoms with E-state index < -0.39 is 0 Å². The molecule has 0 aromatic carbocycles. The standard InChI is InChI=1S/C25H25N3O3S3/c1-4-5-6-9-21(30)27-11-10-17-20(14-27)34-23-22(17)24(31)28(13-16(2)3)25(26-23)33-15-18(29)19-8-7-12-32-19/h1,7-8,12H,2,5-6,9-11,13-15H2,3H3. The number of fused-ring (bicyclic) bond motifs is 3. The number of carbonyl (C=O) groups is 2. The van der Waals surface area contributed by atoms with Crippen LogP contribution in [0.2, 0.25) is 0 Å². The van der Waals surface area contributed by atoms with E-state index in [9.17, 15) is 14.4 Å². The number of aromatic nitrogens is 2. The molecule has 176 valence electrons. The lowest BCUT2D eigenvalue weighted by atomic mass is 10.0. The maximum Gasteiger partial charge on any atom is 0.263 e. The average Bonchev–Trinajstić information content (AvgIpc) is 3.47. The Balaban J connectivity index is 1.64. The first-order valence-electron chi connectivity index (χ1n) is 11.0. The first-order valence-corrected chi connectivity index (χ1v) is 13.7. The second kappa shape index (κ2) is 10.7. The summed E-state index contributed by atoms with van der Waals surface area (Å²) in [6, 6.07) is 3.65. The molecule has 0 unspecified atom stereocenters. The summed E-state index contributed by atoms with van der Waals surface area (Å²) >= 11 is 4.16. The number of hydrogen-bond donors (Lipinski definition) is 0. The molecule has 0 aliphatic carbocycles. The Labute approximate surface area is 210 Å². The molecule has 6 nitrogen and oxygen atoms in total. The van der Waals surface area contributed by atoms with E-state index in [1.54, 1.807) is 10.6 Å². The topological polar surface area (TPSA) is 72.3 Å². The van der Waals surface area contributed by atoms with Gasteiger partial charge in [-0.15, -0.1) is 35.0 Å². The summed E-state index contributed by atoms with van der Waals surface area (Å²) < 4.78 is 1.63. The van der Waals surface area contributed by atoms with Gasteiger partial charge in [0.25, 0.3) is 5.56 Å². The Bertz CT molecular complexity index is 1350. The molecule has 0 saturated heterocycles. The Morgan fingerprint density at radius 2 is 2.21 bits per heavy atom. The third-order valence-corrected chi connectivity index (χ3v) is 8.54. The second-order valence-electron chi connectivity index (χ2n) is 8.24. The molecule has 0 bridgehead atoms. The minimum Gasteiger partial charge on any atom is -0.337 e. The lowest BCUT2D eigenvalue weighted by molar-refractivity contribution is -0.132. The highest BCUT2D eigenvalue weighted by molar-refractivity contribution is 7.99. The second-order valence-corrected chi connectivity index (χ2v) is 11.2. The molecule has 0 fully saturated rings. The number of Topliss-reactive ketones (excluding diaryl/α,β-unsaturated/α-hetero) is 1. The predicted molar refractivity (Wildman–Crippen MR) is 140 cm³/mol. The Hall–Kier alpha value is -2.67. The van der Waals surface area contributed by atoms with Crippen molar-refractivity contribution in [2.24, 2.45) is 0 Å². The van der Waals surface area contributed by atoms with Crippen LogP contribution in [0.15, 0.2) is 39.6 Å². The third-order valence-electron chi connectivity index (χ3n) is 5.55. The Morgan fingerprint density at radius 1 is 1.38 bits per heavy atom. The molecule has 1 amide bonds. The number of amides is 1. The molecule has 4 rings (SSSR count). The average molecular weight is 512 g/mol. The van der Waals surface area contributed by atoms with Crippen LogP contribution in [0.5, 0.6) is 0 Å². The van der Waals surface area contributed by atoms with Gasteiger partial charge in [0.15, 0.2) is 10.9 Å². The quantitative estimate of drug-likeness (QED) is 0.103. The zero-order valence-electron chi connectivity index (χ0n) is 19.0. The van der Waals surface area contributed by atoms with Crippen molar-refractivity contribution in [3.63, 3.8) is 0 Å². The molecule has 3 aromatic heterocycles. The van der Waals surface area contributed by atoms with Gasteiger partial charge in [-0.05, 0) is 36.8 Å². The van der Waals surface area contributed by atoms with Gasteiger partial charge in [-0.1, -0.05) is 30.0 Å². The number of unbranched alkanes of at least 4 members (excludes halogenated alkanes) is 1. The van der Waals surface area contributed by atoms with Crippen LogP contribution in [0.3, 0.4) is 0 Å². The molecule has 1 aliphatic rings.